The van der Waals surface area contributed by atoms with E-state index in [2.05, 4.69) is 41.5 Å². The Kier molecular flexibility index (Phi) is 67.4. The molecule has 0 aromatic carbocycles. The standard InChI is InChI=1S/C77H150O17P2/c1-7-9-11-13-15-17-19-21-23-25-29-35-41-47-53-59-74(79)87-65-72(93-76(81)61-55-49-43-36-30-26-24-22-20-18-16-14-12-10-8-2)67-91-95(83,84)89-63-71(78)64-90-96(85,86)92-68-73(66-88-75(80)60-54-48-42-38-32-34-40-46-52-58-70(5)6)94-77(82)62-56-50-44-37-31-27-28-33-39-45-51-57-69(3)4/h69-73,78H,7-68H2,1-6H3,(H,83,84)(H,85,86)/t71-,72-,73-/m1/s1. The number of hydrogen-bond acceptors (Lipinski definition) is 15. The van der Waals surface area contributed by atoms with Gasteiger partial charge in [0.1, 0.15) is 19.3 Å². The van der Waals surface area contributed by atoms with Crippen LogP contribution in [0.1, 0.15) is 401 Å². The summed E-state index contributed by atoms with van der Waals surface area (Å²) in [6.45, 7) is 9.60. The maximum Gasteiger partial charge on any atom is 0.472 e. The van der Waals surface area contributed by atoms with E-state index in [1.807, 2.05) is 0 Å². The molecule has 5 atom stereocenters. The third-order valence-electron chi connectivity index (χ3n) is 18.0. The lowest BCUT2D eigenvalue weighted by atomic mass is 10.0. The van der Waals surface area contributed by atoms with Gasteiger partial charge in [0, 0.05) is 25.7 Å². The Labute approximate surface area is 588 Å². The average molecular weight is 1410 g/mol. The normalized spacial score (nSPS) is 14.0. The summed E-state index contributed by atoms with van der Waals surface area (Å²) in [7, 11) is -9.91. The van der Waals surface area contributed by atoms with E-state index in [9.17, 15) is 43.2 Å². The Morgan fingerprint density at radius 2 is 0.479 bits per heavy atom. The van der Waals surface area contributed by atoms with Crippen LogP contribution in [0.5, 0.6) is 0 Å². The fraction of sp³-hybridized carbons (Fsp3) is 0.948. The molecule has 0 bridgehead atoms. The van der Waals surface area contributed by atoms with Crippen LogP contribution in [-0.4, -0.2) is 96.7 Å². The van der Waals surface area contributed by atoms with Gasteiger partial charge in [-0.25, -0.2) is 9.13 Å². The van der Waals surface area contributed by atoms with Gasteiger partial charge in [-0.15, -0.1) is 0 Å². The van der Waals surface area contributed by atoms with E-state index in [4.69, 9.17) is 37.0 Å². The van der Waals surface area contributed by atoms with Crippen LogP contribution in [0, 0.1) is 11.8 Å². The van der Waals surface area contributed by atoms with E-state index in [0.717, 1.165) is 102 Å². The van der Waals surface area contributed by atoms with Crippen LogP contribution in [0.3, 0.4) is 0 Å². The van der Waals surface area contributed by atoms with Crippen LogP contribution in [0.15, 0.2) is 0 Å². The van der Waals surface area contributed by atoms with E-state index in [1.165, 1.54) is 218 Å². The Morgan fingerprint density at radius 1 is 0.281 bits per heavy atom. The molecule has 0 aliphatic carbocycles. The molecule has 0 rings (SSSR count). The zero-order valence-corrected chi connectivity index (χ0v) is 64.5. The van der Waals surface area contributed by atoms with Gasteiger partial charge in [0.15, 0.2) is 12.2 Å². The number of phosphoric ester groups is 2. The smallest absolute Gasteiger partial charge is 0.462 e. The monoisotopic (exact) mass is 1410 g/mol. The second kappa shape index (κ2) is 68.8. The first-order valence-corrected chi connectivity index (χ1v) is 43.0. The van der Waals surface area contributed by atoms with E-state index < -0.39 is 97.5 Å². The van der Waals surface area contributed by atoms with Crippen molar-refractivity contribution in [3.05, 3.63) is 0 Å². The molecule has 96 heavy (non-hydrogen) atoms. The predicted octanol–water partition coefficient (Wildman–Crippen LogP) is 22.7. The summed E-state index contributed by atoms with van der Waals surface area (Å²) in [5.74, 6) is -0.603. The first kappa shape index (κ1) is 94.1. The van der Waals surface area contributed by atoms with Gasteiger partial charge in [0.25, 0.3) is 0 Å². The van der Waals surface area contributed by atoms with Crippen molar-refractivity contribution in [2.75, 3.05) is 39.6 Å². The molecular formula is C77H150O17P2. The molecule has 570 valence electrons. The van der Waals surface area contributed by atoms with E-state index >= 15 is 0 Å². The zero-order valence-electron chi connectivity index (χ0n) is 62.7. The first-order valence-electron chi connectivity index (χ1n) is 40.0. The SMILES string of the molecule is CCCCCCCCCCCCCCCCCC(=O)OC[C@H](COP(=O)(O)OC[C@@H](O)COP(=O)(O)OC[C@@H](COC(=O)CCCCCCCCCCCC(C)C)OC(=O)CCCCCCCCCCCCCC(C)C)OC(=O)CCCCCCCCCCCCCCCCC. The second-order valence-corrected chi connectivity index (χ2v) is 31.6. The number of esters is 4. The third kappa shape index (κ3) is 70.5. The maximum atomic E-state index is 13.1. The van der Waals surface area contributed by atoms with Crippen LogP contribution in [0.25, 0.3) is 0 Å². The number of rotatable bonds is 76. The number of aliphatic hydroxyl groups is 1. The van der Waals surface area contributed by atoms with Crippen LogP contribution in [-0.2, 0) is 65.4 Å². The van der Waals surface area contributed by atoms with Gasteiger partial charge < -0.3 is 33.8 Å². The highest BCUT2D eigenvalue weighted by Gasteiger charge is 2.30. The molecule has 2 unspecified atom stereocenters. The Bertz CT molecular complexity index is 1860. The van der Waals surface area contributed by atoms with Gasteiger partial charge in [-0.2, -0.15) is 0 Å². The van der Waals surface area contributed by atoms with Crippen LogP contribution in [0.2, 0.25) is 0 Å². The van der Waals surface area contributed by atoms with Crippen molar-refractivity contribution < 1.29 is 80.2 Å². The summed E-state index contributed by atoms with van der Waals surface area (Å²) in [5, 5.41) is 10.6. The zero-order chi connectivity index (χ0) is 70.7. The molecule has 0 saturated heterocycles. The van der Waals surface area contributed by atoms with Gasteiger partial charge in [0.2, 0.25) is 0 Å². The largest absolute Gasteiger partial charge is 0.472 e. The number of unbranched alkanes of at least 4 members (excludes halogenated alkanes) is 46. The summed E-state index contributed by atoms with van der Waals surface area (Å²) in [4.78, 5) is 72.9. The molecule has 0 fully saturated rings. The lowest BCUT2D eigenvalue weighted by Crippen LogP contribution is -2.30. The number of ether oxygens (including phenoxy) is 4. The molecule has 0 aromatic heterocycles. The quantitative estimate of drug-likeness (QED) is 0.0222. The molecule has 0 saturated carbocycles. The lowest BCUT2D eigenvalue weighted by Gasteiger charge is -2.21. The van der Waals surface area contributed by atoms with Gasteiger partial charge in [-0.1, -0.05) is 350 Å². The highest BCUT2D eigenvalue weighted by Crippen LogP contribution is 2.45. The summed E-state index contributed by atoms with van der Waals surface area (Å²) in [5.41, 5.74) is 0. The summed E-state index contributed by atoms with van der Waals surface area (Å²) in [6, 6.07) is 0. The highest BCUT2D eigenvalue weighted by molar-refractivity contribution is 7.47. The van der Waals surface area contributed by atoms with Crippen LogP contribution >= 0.6 is 15.6 Å². The molecule has 0 amide bonds. The van der Waals surface area contributed by atoms with Crippen molar-refractivity contribution in [1.29, 1.82) is 0 Å². The molecule has 19 heteroatoms. The molecular weight excluding hydrogens is 1260 g/mol. The summed E-state index contributed by atoms with van der Waals surface area (Å²) < 4.78 is 68.6. The Hall–Kier alpha value is -1.94. The van der Waals surface area contributed by atoms with E-state index in [1.54, 1.807) is 0 Å². The number of carbonyl (C=O) groups is 4. The van der Waals surface area contributed by atoms with Crippen LogP contribution < -0.4 is 0 Å². The molecule has 0 aromatic rings. The molecule has 3 N–H and O–H groups in total. The van der Waals surface area contributed by atoms with Gasteiger partial charge in [-0.05, 0) is 37.5 Å². The average Bonchev–Trinajstić information content (AvgIpc) is 1.13. The predicted molar refractivity (Wildman–Crippen MR) is 391 cm³/mol. The third-order valence-corrected chi connectivity index (χ3v) is 19.9. The van der Waals surface area contributed by atoms with Gasteiger partial charge >= 0.3 is 39.5 Å². The highest BCUT2D eigenvalue weighted by atomic mass is 31.2. The minimum absolute atomic E-state index is 0.106. The Balaban J connectivity index is 5.27. The summed E-state index contributed by atoms with van der Waals surface area (Å²) >= 11 is 0. The van der Waals surface area contributed by atoms with Gasteiger partial charge in [0.05, 0.1) is 26.4 Å². The second-order valence-electron chi connectivity index (χ2n) is 28.7. The fourth-order valence-electron chi connectivity index (χ4n) is 11.8. The number of carbonyl (C=O) groups excluding carboxylic acids is 4. The molecule has 0 aliphatic heterocycles. The molecule has 0 spiro atoms. The molecule has 17 nitrogen and oxygen atoms in total. The topological polar surface area (TPSA) is 237 Å². The number of phosphoric acid groups is 2. The number of aliphatic hydroxyl groups excluding tert-OH is 1. The lowest BCUT2D eigenvalue weighted by molar-refractivity contribution is -0.161. The van der Waals surface area contributed by atoms with Crippen LogP contribution in [0.4, 0.5) is 0 Å². The maximum absolute atomic E-state index is 13.1. The fourth-order valence-corrected chi connectivity index (χ4v) is 13.4. The summed E-state index contributed by atoms with van der Waals surface area (Å²) in [6.07, 6.45) is 56.7. The molecule has 0 aliphatic rings. The van der Waals surface area contributed by atoms with Crippen molar-refractivity contribution in [3.8, 4) is 0 Å². The van der Waals surface area contributed by atoms with Crippen molar-refractivity contribution in [3.63, 3.8) is 0 Å². The van der Waals surface area contributed by atoms with Crippen molar-refractivity contribution in [2.45, 2.75) is 419 Å². The molecule has 0 radical (unpaired) electrons. The minimum atomic E-state index is -4.96. The van der Waals surface area contributed by atoms with Crippen molar-refractivity contribution in [2.24, 2.45) is 11.8 Å². The first-order chi connectivity index (χ1) is 46.4. The number of hydrogen-bond donors (Lipinski definition) is 3. The van der Waals surface area contributed by atoms with Gasteiger partial charge in [-0.3, -0.25) is 37.3 Å². The van der Waals surface area contributed by atoms with Crippen molar-refractivity contribution >= 4 is 39.5 Å². The molecule has 0 heterocycles. The Morgan fingerprint density at radius 3 is 0.708 bits per heavy atom. The van der Waals surface area contributed by atoms with Crippen molar-refractivity contribution in [1.82, 2.24) is 0 Å². The minimum Gasteiger partial charge on any atom is -0.462 e. The van der Waals surface area contributed by atoms with E-state index in [-0.39, 0.29) is 25.7 Å². The van der Waals surface area contributed by atoms with E-state index in [0.29, 0.717) is 25.7 Å².